The second-order valence-electron chi connectivity index (χ2n) is 4.76. The van der Waals surface area contributed by atoms with Gasteiger partial charge in [0.1, 0.15) is 0 Å². The zero-order valence-electron chi connectivity index (χ0n) is 9.96. The molecule has 1 amide bonds. The Morgan fingerprint density at radius 1 is 1.29 bits per heavy atom. The average Bonchev–Trinajstić information content (AvgIpc) is 2.72. The molecule has 90 valence electrons. The van der Waals surface area contributed by atoms with Gasteiger partial charge in [0, 0.05) is 32.1 Å². The molecular formula is C12H16N4O. The molecule has 0 N–H and O–H groups in total. The third-order valence-corrected chi connectivity index (χ3v) is 3.60. The van der Waals surface area contributed by atoms with Gasteiger partial charge in [0.25, 0.3) is 0 Å². The molecule has 1 atom stereocenters. The number of aryl methyl sites for hydroxylation is 1. The Hall–Kier alpha value is -1.65. The van der Waals surface area contributed by atoms with E-state index in [1.165, 1.54) is 0 Å². The van der Waals surface area contributed by atoms with Crippen molar-refractivity contribution in [3.63, 3.8) is 0 Å². The first kappa shape index (κ1) is 10.5. The number of rotatable bonds is 1. The van der Waals surface area contributed by atoms with E-state index in [1.807, 2.05) is 24.0 Å². The van der Waals surface area contributed by atoms with Crippen molar-refractivity contribution in [3.8, 4) is 0 Å². The van der Waals surface area contributed by atoms with Crippen LogP contribution in [0.25, 0.3) is 0 Å². The maximum atomic E-state index is 11.6. The van der Waals surface area contributed by atoms with Gasteiger partial charge in [0.2, 0.25) is 5.91 Å². The van der Waals surface area contributed by atoms with Gasteiger partial charge in [-0.05, 0) is 25.5 Å². The van der Waals surface area contributed by atoms with Crippen molar-refractivity contribution in [2.24, 2.45) is 0 Å². The van der Waals surface area contributed by atoms with Crippen molar-refractivity contribution in [1.82, 2.24) is 15.1 Å². The molecule has 1 aromatic rings. The minimum absolute atomic E-state index is 0.310. The number of piperazine rings is 1. The van der Waals surface area contributed by atoms with Crippen LogP contribution >= 0.6 is 0 Å². The van der Waals surface area contributed by atoms with Gasteiger partial charge in [-0.15, -0.1) is 5.10 Å². The molecule has 0 aromatic carbocycles. The van der Waals surface area contributed by atoms with Crippen molar-refractivity contribution < 1.29 is 4.79 Å². The fourth-order valence-corrected chi connectivity index (χ4v) is 2.63. The second kappa shape index (κ2) is 3.98. The molecule has 2 fully saturated rings. The second-order valence-corrected chi connectivity index (χ2v) is 4.76. The van der Waals surface area contributed by atoms with Gasteiger partial charge < -0.3 is 9.80 Å². The van der Waals surface area contributed by atoms with Gasteiger partial charge in [0.05, 0.1) is 5.69 Å². The third kappa shape index (κ3) is 1.85. The highest BCUT2D eigenvalue weighted by molar-refractivity contribution is 5.79. The number of hydrogen-bond acceptors (Lipinski definition) is 4. The molecular weight excluding hydrogens is 216 g/mol. The number of nitrogens with zero attached hydrogens (tertiary/aromatic N) is 4. The lowest BCUT2D eigenvalue weighted by molar-refractivity contribution is -0.129. The average molecular weight is 232 g/mol. The summed E-state index contributed by atoms with van der Waals surface area (Å²) in [5.74, 6) is 1.24. The highest BCUT2D eigenvalue weighted by atomic mass is 16.2. The zero-order valence-corrected chi connectivity index (χ0v) is 9.96. The Morgan fingerprint density at radius 2 is 2.18 bits per heavy atom. The smallest absolute Gasteiger partial charge is 0.223 e. The van der Waals surface area contributed by atoms with E-state index in [4.69, 9.17) is 0 Å². The molecule has 3 heterocycles. The summed E-state index contributed by atoms with van der Waals surface area (Å²) in [6, 6.07) is 4.36. The number of carbonyl (C=O) groups excluding carboxylic acids is 1. The lowest BCUT2D eigenvalue weighted by Gasteiger charge is -2.37. The van der Waals surface area contributed by atoms with E-state index in [0.29, 0.717) is 18.4 Å². The molecule has 1 aromatic heterocycles. The largest absolute Gasteiger partial charge is 0.351 e. The zero-order chi connectivity index (χ0) is 11.8. The molecule has 0 aliphatic carbocycles. The molecule has 5 heteroatoms. The first-order valence-corrected chi connectivity index (χ1v) is 6.09. The minimum Gasteiger partial charge on any atom is -0.351 e. The van der Waals surface area contributed by atoms with E-state index < -0.39 is 0 Å². The van der Waals surface area contributed by atoms with Gasteiger partial charge in [-0.1, -0.05) is 0 Å². The van der Waals surface area contributed by atoms with E-state index in [-0.39, 0.29) is 0 Å². The van der Waals surface area contributed by atoms with Gasteiger partial charge in [-0.3, -0.25) is 4.79 Å². The van der Waals surface area contributed by atoms with Crippen LogP contribution in [-0.4, -0.2) is 46.7 Å². The SMILES string of the molecule is Cc1ccc(N2CCN3C(=O)CC[C@H]3C2)nn1. The van der Waals surface area contributed by atoms with Crippen LogP contribution in [0.4, 0.5) is 5.82 Å². The summed E-state index contributed by atoms with van der Waals surface area (Å²) in [5.41, 5.74) is 0.934. The molecule has 17 heavy (non-hydrogen) atoms. The Kier molecular flexibility index (Phi) is 2.46. The predicted molar refractivity (Wildman–Crippen MR) is 63.7 cm³/mol. The van der Waals surface area contributed by atoms with Crippen LogP contribution in [0.3, 0.4) is 0 Å². The third-order valence-electron chi connectivity index (χ3n) is 3.60. The predicted octanol–water partition coefficient (Wildman–Crippen LogP) is 0.596. The lowest BCUT2D eigenvalue weighted by atomic mass is 10.1. The number of anilines is 1. The van der Waals surface area contributed by atoms with Gasteiger partial charge in [-0.2, -0.15) is 5.10 Å². The van der Waals surface area contributed by atoms with Crippen LogP contribution in [0.1, 0.15) is 18.5 Å². The molecule has 2 saturated heterocycles. The molecule has 0 bridgehead atoms. The highest BCUT2D eigenvalue weighted by Gasteiger charge is 2.35. The molecule has 0 radical (unpaired) electrons. The Morgan fingerprint density at radius 3 is 2.94 bits per heavy atom. The van der Waals surface area contributed by atoms with E-state index in [0.717, 1.165) is 37.6 Å². The molecule has 2 aliphatic rings. The quantitative estimate of drug-likeness (QED) is 0.711. The van der Waals surface area contributed by atoms with Crippen LogP contribution in [0.2, 0.25) is 0 Å². The number of aromatic nitrogens is 2. The summed E-state index contributed by atoms with van der Waals surface area (Å²) < 4.78 is 0. The van der Waals surface area contributed by atoms with E-state index in [2.05, 4.69) is 15.1 Å². The van der Waals surface area contributed by atoms with Crippen LogP contribution in [0, 0.1) is 6.92 Å². The molecule has 0 spiro atoms. The maximum absolute atomic E-state index is 11.6. The Bertz CT molecular complexity index is 431. The van der Waals surface area contributed by atoms with Crippen molar-refractivity contribution in [1.29, 1.82) is 0 Å². The van der Waals surface area contributed by atoms with Crippen molar-refractivity contribution in [2.75, 3.05) is 24.5 Å². The van der Waals surface area contributed by atoms with E-state index in [1.54, 1.807) is 0 Å². The fraction of sp³-hybridized carbons (Fsp3) is 0.583. The van der Waals surface area contributed by atoms with Gasteiger partial charge in [-0.25, -0.2) is 0 Å². The lowest BCUT2D eigenvalue weighted by Crippen LogP contribution is -2.51. The summed E-state index contributed by atoms with van der Waals surface area (Å²) in [5, 5.41) is 8.29. The van der Waals surface area contributed by atoms with Crippen molar-refractivity contribution >= 4 is 11.7 Å². The summed E-state index contributed by atoms with van der Waals surface area (Å²) in [4.78, 5) is 15.8. The topological polar surface area (TPSA) is 49.3 Å². The molecule has 2 aliphatic heterocycles. The van der Waals surface area contributed by atoms with Gasteiger partial charge in [0.15, 0.2) is 5.82 Å². The van der Waals surface area contributed by atoms with E-state index >= 15 is 0 Å². The molecule has 3 rings (SSSR count). The summed E-state index contributed by atoms with van der Waals surface area (Å²) >= 11 is 0. The number of amides is 1. The summed E-state index contributed by atoms with van der Waals surface area (Å²) in [7, 11) is 0. The van der Waals surface area contributed by atoms with E-state index in [9.17, 15) is 4.79 Å². The first-order chi connectivity index (χ1) is 8.24. The summed E-state index contributed by atoms with van der Waals surface area (Å²) in [6.07, 6.45) is 1.69. The first-order valence-electron chi connectivity index (χ1n) is 6.09. The summed E-state index contributed by atoms with van der Waals surface area (Å²) in [6.45, 7) is 4.51. The highest BCUT2D eigenvalue weighted by Crippen LogP contribution is 2.24. The monoisotopic (exact) mass is 232 g/mol. The number of fused-ring (bicyclic) bond motifs is 1. The van der Waals surface area contributed by atoms with Crippen LogP contribution < -0.4 is 4.90 Å². The van der Waals surface area contributed by atoms with Gasteiger partial charge >= 0.3 is 0 Å². The molecule has 0 saturated carbocycles. The van der Waals surface area contributed by atoms with Crippen LogP contribution in [0.5, 0.6) is 0 Å². The van der Waals surface area contributed by atoms with Crippen LogP contribution in [0.15, 0.2) is 12.1 Å². The maximum Gasteiger partial charge on any atom is 0.223 e. The molecule has 0 unspecified atom stereocenters. The van der Waals surface area contributed by atoms with Crippen molar-refractivity contribution in [2.45, 2.75) is 25.8 Å². The number of hydrogen-bond donors (Lipinski definition) is 0. The number of carbonyl (C=O) groups is 1. The van der Waals surface area contributed by atoms with Crippen LogP contribution in [-0.2, 0) is 4.79 Å². The molecule has 5 nitrogen and oxygen atoms in total. The minimum atomic E-state index is 0.310. The standard InChI is InChI=1S/C12H16N4O/c1-9-2-4-11(14-13-9)15-6-7-16-10(8-15)3-5-12(16)17/h2,4,10H,3,5-8H2,1H3/t10-/m0/s1. The Labute approximate surface area is 100 Å². The normalized spacial score (nSPS) is 24.1. The van der Waals surface area contributed by atoms with Crippen molar-refractivity contribution in [3.05, 3.63) is 17.8 Å². The fourth-order valence-electron chi connectivity index (χ4n) is 2.63. The Balaban J connectivity index is 1.75.